The van der Waals surface area contributed by atoms with Gasteiger partial charge in [0.1, 0.15) is 17.2 Å². The van der Waals surface area contributed by atoms with Gasteiger partial charge < -0.3 is 14.8 Å². The van der Waals surface area contributed by atoms with Crippen LogP contribution in [0.15, 0.2) is 12.1 Å². The number of nitrogens with one attached hydrogen (secondary N) is 1. The van der Waals surface area contributed by atoms with E-state index in [2.05, 4.69) is 20.8 Å². The minimum absolute atomic E-state index is 0.476. The number of nitrogens with zero attached hydrogens (tertiary/aromatic N) is 4. The smallest absolute Gasteiger partial charge is 0.170 e. The second-order valence-electron chi connectivity index (χ2n) is 4.82. The van der Waals surface area contributed by atoms with Crippen LogP contribution in [0.4, 0.5) is 0 Å². The Morgan fingerprint density at radius 3 is 2.71 bits per heavy atom. The Hall–Kier alpha value is -1.86. The molecule has 0 bridgehead atoms. The van der Waals surface area contributed by atoms with Crippen molar-refractivity contribution >= 4 is 11.6 Å². The molecular weight excluding hydrogens is 294 g/mol. The van der Waals surface area contributed by atoms with Crippen LogP contribution in [0.2, 0.25) is 5.02 Å². The summed E-state index contributed by atoms with van der Waals surface area (Å²) in [5, 5.41) is 15.7. The van der Waals surface area contributed by atoms with E-state index in [-0.39, 0.29) is 0 Å². The summed E-state index contributed by atoms with van der Waals surface area (Å²) < 4.78 is 12.2. The average Bonchev–Trinajstić information content (AvgIpc) is 3.22. The van der Waals surface area contributed by atoms with Crippen molar-refractivity contribution in [2.24, 2.45) is 0 Å². The minimum Gasteiger partial charge on any atom is -0.495 e. The molecule has 1 heterocycles. The van der Waals surface area contributed by atoms with Gasteiger partial charge in [0, 0.05) is 18.2 Å². The molecule has 8 heteroatoms. The number of tetrazole rings is 1. The van der Waals surface area contributed by atoms with Gasteiger partial charge in [0.15, 0.2) is 5.82 Å². The van der Waals surface area contributed by atoms with Crippen molar-refractivity contribution < 1.29 is 9.47 Å². The van der Waals surface area contributed by atoms with E-state index in [9.17, 15) is 0 Å². The van der Waals surface area contributed by atoms with Crippen LogP contribution in [-0.2, 0) is 6.54 Å². The van der Waals surface area contributed by atoms with Crippen molar-refractivity contribution in [2.45, 2.75) is 25.4 Å². The number of hydrogen-bond acceptors (Lipinski definition) is 6. The van der Waals surface area contributed by atoms with Crippen LogP contribution in [0.25, 0.3) is 5.69 Å². The molecule has 1 aliphatic rings. The zero-order valence-electron chi connectivity index (χ0n) is 11.8. The van der Waals surface area contributed by atoms with E-state index in [1.54, 1.807) is 31.0 Å². The highest BCUT2D eigenvalue weighted by Gasteiger charge is 2.22. The second kappa shape index (κ2) is 5.87. The summed E-state index contributed by atoms with van der Waals surface area (Å²) in [6.45, 7) is 0.603. The molecule has 21 heavy (non-hydrogen) atoms. The zero-order valence-corrected chi connectivity index (χ0v) is 12.6. The molecule has 112 valence electrons. The van der Waals surface area contributed by atoms with E-state index >= 15 is 0 Å². The fraction of sp³-hybridized carbons (Fsp3) is 0.462. The third kappa shape index (κ3) is 2.93. The van der Waals surface area contributed by atoms with Crippen LogP contribution in [0.5, 0.6) is 11.5 Å². The maximum atomic E-state index is 6.11. The lowest BCUT2D eigenvalue weighted by Crippen LogP contribution is -2.19. The molecule has 0 amide bonds. The number of methoxy groups -OCH3 is 2. The Labute approximate surface area is 127 Å². The Kier molecular flexibility index (Phi) is 3.94. The van der Waals surface area contributed by atoms with E-state index in [4.69, 9.17) is 21.1 Å². The molecule has 0 radical (unpaired) electrons. The van der Waals surface area contributed by atoms with Gasteiger partial charge in [0.05, 0.1) is 25.8 Å². The molecule has 1 N–H and O–H groups in total. The number of benzene rings is 1. The van der Waals surface area contributed by atoms with Crippen LogP contribution in [-0.4, -0.2) is 40.5 Å². The largest absolute Gasteiger partial charge is 0.495 e. The molecule has 7 nitrogen and oxygen atoms in total. The molecule has 0 unspecified atom stereocenters. The van der Waals surface area contributed by atoms with Crippen molar-refractivity contribution in [1.82, 2.24) is 25.5 Å². The molecular formula is C13H16ClN5O2. The third-order valence-electron chi connectivity index (χ3n) is 3.34. The van der Waals surface area contributed by atoms with Crippen LogP contribution in [0.3, 0.4) is 0 Å². The van der Waals surface area contributed by atoms with Gasteiger partial charge in [-0.2, -0.15) is 4.68 Å². The Bertz CT molecular complexity index is 641. The van der Waals surface area contributed by atoms with Gasteiger partial charge in [-0.15, -0.1) is 5.10 Å². The summed E-state index contributed by atoms with van der Waals surface area (Å²) in [5.41, 5.74) is 0.691. The summed E-state index contributed by atoms with van der Waals surface area (Å²) in [6.07, 6.45) is 2.42. The maximum Gasteiger partial charge on any atom is 0.170 e. The third-order valence-corrected chi connectivity index (χ3v) is 3.64. The summed E-state index contributed by atoms with van der Waals surface area (Å²) in [5.74, 6) is 1.84. The number of aromatic nitrogens is 4. The fourth-order valence-electron chi connectivity index (χ4n) is 2.04. The van der Waals surface area contributed by atoms with Crippen molar-refractivity contribution in [3.05, 3.63) is 23.0 Å². The summed E-state index contributed by atoms with van der Waals surface area (Å²) >= 11 is 6.11. The minimum atomic E-state index is 0.476. The number of rotatable bonds is 6. The topological polar surface area (TPSA) is 74.1 Å². The SMILES string of the molecule is COc1cc(-n2nnnc2CNC2CC2)c(OC)cc1Cl. The maximum absolute atomic E-state index is 6.11. The van der Waals surface area contributed by atoms with Crippen LogP contribution in [0, 0.1) is 0 Å². The van der Waals surface area contributed by atoms with E-state index in [1.807, 2.05) is 0 Å². The highest BCUT2D eigenvalue weighted by molar-refractivity contribution is 6.32. The van der Waals surface area contributed by atoms with Crippen molar-refractivity contribution in [3.63, 3.8) is 0 Å². The molecule has 1 aliphatic carbocycles. The normalized spacial score (nSPS) is 14.2. The first-order valence-corrected chi connectivity index (χ1v) is 7.03. The summed E-state index contributed by atoms with van der Waals surface area (Å²) in [6, 6.07) is 4.03. The van der Waals surface area contributed by atoms with Crippen LogP contribution in [0.1, 0.15) is 18.7 Å². The Morgan fingerprint density at radius 1 is 1.29 bits per heavy atom. The van der Waals surface area contributed by atoms with Crippen molar-refractivity contribution in [2.75, 3.05) is 14.2 Å². The van der Waals surface area contributed by atoms with Gasteiger partial charge in [0.2, 0.25) is 0 Å². The Morgan fingerprint density at radius 2 is 2.05 bits per heavy atom. The molecule has 0 aliphatic heterocycles. The first kappa shape index (κ1) is 14.1. The molecule has 0 spiro atoms. The molecule has 2 aromatic rings. The summed E-state index contributed by atoms with van der Waals surface area (Å²) in [7, 11) is 3.14. The van der Waals surface area contributed by atoms with Crippen LogP contribution >= 0.6 is 11.6 Å². The summed E-state index contributed by atoms with van der Waals surface area (Å²) in [4.78, 5) is 0. The average molecular weight is 310 g/mol. The lowest BCUT2D eigenvalue weighted by Gasteiger charge is -2.13. The van der Waals surface area contributed by atoms with E-state index in [0.29, 0.717) is 40.6 Å². The van der Waals surface area contributed by atoms with Gasteiger partial charge in [-0.25, -0.2) is 0 Å². The van der Waals surface area contributed by atoms with Crippen molar-refractivity contribution in [3.8, 4) is 17.2 Å². The lowest BCUT2D eigenvalue weighted by molar-refractivity contribution is 0.400. The zero-order chi connectivity index (χ0) is 14.8. The molecule has 1 saturated carbocycles. The van der Waals surface area contributed by atoms with E-state index in [0.717, 1.165) is 0 Å². The van der Waals surface area contributed by atoms with E-state index in [1.165, 1.54) is 12.8 Å². The quantitative estimate of drug-likeness (QED) is 0.873. The molecule has 1 aromatic carbocycles. The van der Waals surface area contributed by atoms with Crippen LogP contribution < -0.4 is 14.8 Å². The predicted octanol–water partition coefficient (Wildman–Crippen LogP) is 1.58. The lowest BCUT2D eigenvalue weighted by atomic mass is 10.2. The Balaban J connectivity index is 1.96. The first-order valence-electron chi connectivity index (χ1n) is 6.65. The molecule has 1 aromatic heterocycles. The first-order chi connectivity index (χ1) is 10.2. The molecule has 3 rings (SSSR count). The monoisotopic (exact) mass is 309 g/mol. The molecule has 0 atom stereocenters. The number of hydrogen-bond donors (Lipinski definition) is 1. The second-order valence-corrected chi connectivity index (χ2v) is 5.23. The van der Waals surface area contributed by atoms with Gasteiger partial charge in [0.25, 0.3) is 0 Å². The van der Waals surface area contributed by atoms with Gasteiger partial charge in [-0.1, -0.05) is 11.6 Å². The van der Waals surface area contributed by atoms with Crippen molar-refractivity contribution in [1.29, 1.82) is 0 Å². The van der Waals surface area contributed by atoms with Gasteiger partial charge >= 0.3 is 0 Å². The van der Waals surface area contributed by atoms with Gasteiger partial charge in [-0.3, -0.25) is 0 Å². The highest BCUT2D eigenvalue weighted by atomic mass is 35.5. The molecule has 1 fully saturated rings. The number of ether oxygens (including phenoxy) is 2. The predicted molar refractivity (Wildman–Crippen MR) is 77.1 cm³/mol. The fourth-order valence-corrected chi connectivity index (χ4v) is 2.27. The number of halogens is 1. The van der Waals surface area contributed by atoms with E-state index < -0.39 is 0 Å². The molecule has 0 saturated heterocycles. The van der Waals surface area contributed by atoms with Gasteiger partial charge in [-0.05, 0) is 23.3 Å². The highest BCUT2D eigenvalue weighted by Crippen LogP contribution is 2.34. The standard InChI is InChI=1S/C13H16ClN5O2/c1-20-11-6-10(12(21-2)5-9(11)14)19-13(16-17-18-19)7-15-8-3-4-8/h5-6,8,15H,3-4,7H2,1-2H3.